The highest BCUT2D eigenvalue weighted by atomic mass is 35.5. The van der Waals surface area contributed by atoms with Crippen molar-refractivity contribution in [3.63, 3.8) is 0 Å². The molecule has 0 radical (unpaired) electrons. The number of amides is 1. The van der Waals surface area contributed by atoms with Gasteiger partial charge in [0.2, 0.25) is 0 Å². The molecule has 1 N–H and O–H groups in total. The number of thiazole rings is 1. The second-order valence-electron chi connectivity index (χ2n) is 5.69. The minimum absolute atomic E-state index is 0.250. The monoisotopic (exact) mass is 402 g/mol. The Morgan fingerprint density at radius 3 is 2.81 bits per heavy atom. The lowest BCUT2D eigenvalue weighted by Gasteiger charge is -2.10. The zero-order valence-electron chi connectivity index (χ0n) is 15.0. The molecule has 3 rings (SSSR count). The first-order valence-electron chi connectivity index (χ1n) is 8.40. The summed E-state index contributed by atoms with van der Waals surface area (Å²) in [4.78, 5) is 17.8. The van der Waals surface area contributed by atoms with Crippen LogP contribution in [0.4, 0.5) is 5.13 Å². The van der Waals surface area contributed by atoms with Crippen molar-refractivity contribution in [2.45, 2.75) is 13.3 Å². The molecule has 0 aliphatic rings. The van der Waals surface area contributed by atoms with E-state index in [1.165, 1.54) is 11.3 Å². The standard InChI is InChI=1S/C20H19ClN2O3S/c1-3-26-17-8-7-14(11-18(17)25-2)19(24)23-20-22-12-16(27-20)10-13-5-4-6-15(21)9-13/h4-9,11-12H,3,10H2,1-2H3,(H,22,23,24). The van der Waals surface area contributed by atoms with E-state index < -0.39 is 0 Å². The number of benzene rings is 2. The molecule has 0 unspecified atom stereocenters. The number of hydrogen-bond acceptors (Lipinski definition) is 5. The Morgan fingerprint density at radius 1 is 1.22 bits per heavy atom. The summed E-state index contributed by atoms with van der Waals surface area (Å²) in [7, 11) is 1.54. The van der Waals surface area contributed by atoms with Gasteiger partial charge in [0.05, 0.1) is 13.7 Å². The predicted molar refractivity (Wildman–Crippen MR) is 108 cm³/mol. The van der Waals surface area contributed by atoms with E-state index in [2.05, 4.69) is 10.3 Å². The van der Waals surface area contributed by atoms with Crippen LogP contribution in [0.25, 0.3) is 0 Å². The molecule has 0 spiro atoms. The van der Waals surface area contributed by atoms with Crippen LogP contribution in [0.1, 0.15) is 27.7 Å². The molecule has 5 nitrogen and oxygen atoms in total. The van der Waals surface area contributed by atoms with Crippen LogP contribution >= 0.6 is 22.9 Å². The van der Waals surface area contributed by atoms with Crippen LogP contribution in [-0.4, -0.2) is 24.6 Å². The molecule has 7 heteroatoms. The average molecular weight is 403 g/mol. The first-order valence-corrected chi connectivity index (χ1v) is 9.60. The summed E-state index contributed by atoms with van der Waals surface area (Å²) in [5.74, 6) is 0.875. The Hall–Kier alpha value is -2.57. The Kier molecular flexibility index (Phi) is 6.32. The number of carbonyl (C=O) groups is 1. The molecule has 3 aromatic rings. The van der Waals surface area contributed by atoms with Crippen LogP contribution in [0.3, 0.4) is 0 Å². The number of ether oxygens (including phenoxy) is 2. The van der Waals surface area contributed by atoms with Crippen LogP contribution in [0.5, 0.6) is 11.5 Å². The van der Waals surface area contributed by atoms with E-state index >= 15 is 0 Å². The van der Waals surface area contributed by atoms with Gasteiger partial charge in [0.25, 0.3) is 5.91 Å². The molecule has 140 valence electrons. The molecule has 1 amide bonds. The summed E-state index contributed by atoms with van der Waals surface area (Å²) in [6.07, 6.45) is 2.48. The molecule has 27 heavy (non-hydrogen) atoms. The lowest BCUT2D eigenvalue weighted by Crippen LogP contribution is -2.12. The number of anilines is 1. The molecule has 1 heterocycles. The van der Waals surface area contributed by atoms with Crippen LogP contribution < -0.4 is 14.8 Å². The van der Waals surface area contributed by atoms with Crippen molar-refractivity contribution in [1.82, 2.24) is 4.98 Å². The molecule has 0 saturated carbocycles. The quantitative estimate of drug-likeness (QED) is 0.601. The van der Waals surface area contributed by atoms with E-state index in [4.69, 9.17) is 21.1 Å². The number of methoxy groups -OCH3 is 1. The van der Waals surface area contributed by atoms with Gasteiger partial charge in [-0.3, -0.25) is 10.1 Å². The fraction of sp³-hybridized carbons (Fsp3) is 0.200. The van der Waals surface area contributed by atoms with Crippen LogP contribution in [-0.2, 0) is 6.42 Å². The maximum atomic E-state index is 12.5. The summed E-state index contributed by atoms with van der Waals surface area (Å²) in [5, 5.41) is 4.07. The minimum atomic E-state index is -0.250. The van der Waals surface area contributed by atoms with Crippen molar-refractivity contribution in [2.75, 3.05) is 19.0 Å². The van der Waals surface area contributed by atoms with Gasteiger partial charge in [-0.05, 0) is 42.8 Å². The molecule has 1 aromatic heterocycles. The largest absolute Gasteiger partial charge is 0.493 e. The van der Waals surface area contributed by atoms with E-state index in [-0.39, 0.29) is 5.91 Å². The van der Waals surface area contributed by atoms with Gasteiger partial charge in [0.1, 0.15) is 0 Å². The Bertz CT molecular complexity index is 942. The predicted octanol–water partition coefficient (Wildman–Crippen LogP) is 5.05. The number of halogens is 1. The second-order valence-corrected chi connectivity index (χ2v) is 7.24. The highest BCUT2D eigenvalue weighted by Crippen LogP contribution is 2.29. The van der Waals surface area contributed by atoms with E-state index in [9.17, 15) is 4.79 Å². The topological polar surface area (TPSA) is 60.5 Å². The second kappa shape index (κ2) is 8.88. The van der Waals surface area contributed by atoms with E-state index in [0.717, 1.165) is 10.4 Å². The Morgan fingerprint density at radius 2 is 2.07 bits per heavy atom. The molecule has 0 aliphatic carbocycles. The zero-order chi connectivity index (χ0) is 19.2. The first-order chi connectivity index (χ1) is 13.1. The van der Waals surface area contributed by atoms with Crippen molar-refractivity contribution in [2.24, 2.45) is 0 Å². The first kappa shape index (κ1) is 19.2. The maximum Gasteiger partial charge on any atom is 0.257 e. The average Bonchev–Trinajstić information content (AvgIpc) is 3.09. The molecule has 0 fully saturated rings. The summed E-state index contributed by atoms with van der Waals surface area (Å²) >= 11 is 7.46. The van der Waals surface area contributed by atoms with Crippen molar-refractivity contribution in [3.05, 3.63) is 69.7 Å². The highest BCUT2D eigenvalue weighted by molar-refractivity contribution is 7.15. The van der Waals surface area contributed by atoms with Gasteiger partial charge in [-0.2, -0.15) is 0 Å². The fourth-order valence-corrected chi connectivity index (χ4v) is 3.60. The highest BCUT2D eigenvalue weighted by Gasteiger charge is 2.13. The van der Waals surface area contributed by atoms with Crippen LogP contribution in [0.2, 0.25) is 5.02 Å². The Labute approximate surface area is 166 Å². The van der Waals surface area contributed by atoms with E-state index in [1.807, 2.05) is 31.2 Å². The molecular weight excluding hydrogens is 384 g/mol. The van der Waals surface area contributed by atoms with Crippen LogP contribution in [0, 0.1) is 0 Å². The van der Waals surface area contributed by atoms with E-state index in [0.29, 0.717) is 40.2 Å². The van der Waals surface area contributed by atoms with Gasteiger partial charge < -0.3 is 9.47 Å². The summed E-state index contributed by atoms with van der Waals surface area (Å²) in [5.41, 5.74) is 1.57. The molecular formula is C20H19ClN2O3S. The third kappa shape index (κ3) is 4.99. The normalized spacial score (nSPS) is 10.5. The van der Waals surface area contributed by atoms with Crippen molar-refractivity contribution in [1.29, 1.82) is 0 Å². The van der Waals surface area contributed by atoms with Gasteiger partial charge in [-0.25, -0.2) is 4.98 Å². The van der Waals surface area contributed by atoms with Gasteiger partial charge in [0, 0.05) is 28.1 Å². The SMILES string of the molecule is CCOc1ccc(C(=O)Nc2ncc(Cc3cccc(Cl)c3)s2)cc1OC. The van der Waals surface area contributed by atoms with Crippen molar-refractivity contribution >= 4 is 34.0 Å². The number of aromatic nitrogens is 1. The lowest BCUT2D eigenvalue weighted by molar-refractivity contribution is 0.102. The fourth-order valence-electron chi connectivity index (χ4n) is 2.55. The molecule has 0 bridgehead atoms. The van der Waals surface area contributed by atoms with Gasteiger partial charge in [-0.1, -0.05) is 23.7 Å². The molecule has 0 aliphatic heterocycles. The minimum Gasteiger partial charge on any atom is -0.493 e. The number of hydrogen-bond donors (Lipinski definition) is 1. The molecule has 0 atom stereocenters. The van der Waals surface area contributed by atoms with Crippen molar-refractivity contribution in [3.8, 4) is 11.5 Å². The third-order valence-electron chi connectivity index (χ3n) is 3.77. The smallest absolute Gasteiger partial charge is 0.257 e. The van der Waals surface area contributed by atoms with Gasteiger partial charge >= 0.3 is 0 Å². The number of nitrogens with zero attached hydrogens (tertiary/aromatic N) is 1. The zero-order valence-corrected chi connectivity index (χ0v) is 16.6. The van der Waals surface area contributed by atoms with Gasteiger partial charge in [0.15, 0.2) is 16.6 Å². The summed E-state index contributed by atoms with van der Waals surface area (Å²) in [6, 6.07) is 12.8. The Balaban J connectivity index is 1.69. The third-order valence-corrected chi connectivity index (χ3v) is 4.91. The van der Waals surface area contributed by atoms with Gasteiger partial charge in [-0.15, -0.1) is 11.3 Å². The maximum absolute atomic E-state index is 12.5. The van der Waals surface area contributed by atoms with Crippen molar-refractivity contribution < 1.29 is 14.3 Å². The lowest BCUT2D eigenvalue weighted by atomic mass is 10.1. The van der Waals surface area contributed by atoms with E-state index in [1.54, 1.807) is 31.5 Å². The summed E-state index contributed by atoms with van der Waals surface area (Å²) in [6.45, 7) is 2.42. The number of rotatable bonds is 7. The molecule has 2 aromatic carbocycles. The summed E-state index contributed by atoms with van der Waals surface area (Å²) < 4.78 is 10.8. The number of carbonyl (C=O) groups excluding carboxylic acids is 1. The molecule has 0 saturated heterocycles. The van der Waals surface area contributed by atoms with Crippen LogP contribution in [0.15, 0.2) is 48.7 Å². The number of nitrogens with one attached hydrogen (secondary N) is 1.